The van der Waals surface area contributed by atoms with E-state index < -0.39 is 0 Å². The first-order valence-electron chi connectivity index (χ1n) is 4.93. The van der Waals surface area contributed by atoms with Crippen molar-refractivity contribution >= 4 is 5.96 Å². The van der Waals surface area contributed by atoms with Crippen molar-refractivity contribution in [2.24, 2.45) is 0 Å². The molecule has 1 fully saturated rings. The van der Waals surface area contributed by atoms with Crippen LogP contribution in [0, 0.1) is 0 Å². The molecule has 0 atom stereocenters. The summed E-state index contributed by atoms with van der Waals surface area (Å²) in [5, 5.41) is 9.59. The minimum absolute atomic E-state index is 0.388. The summed E-state index contributed by atoms with van der Waals surface area (Å²) in [6, 6.07) is 0. The van der Waals surface area contributed by atoms with Gasteiger partial charge in [0.05, 0.1) is 0 Å². The van der Waals surface area contributed by atoms with Gasteiger partial charge in [-0.3, -0.25) is 0 Å². The van der Waals surface area contributed by atoms with Crippen LogP contribution in [-0.2, 0) is 0 Å². The first-order valence-corrected chi connectivity index (χ1v) is 4.93. The molecule has 1 heterocycles. The Balaban J connectivity index is 2.25. The highest BCUT2D eigenvalue weighted by Gasteiger charge is 2.10. The van der Waals surface area contributed by atoms with Crippen LogP contribution in [-0.4, -0.2) is 68.0 Å². The lowest BCUT2D eigenvalue weighted by atomic mass is 10.4. The van der Waals surface area contributed by atoms with Crippen LogP contribution < -0.4 is 0 Å². The molecular weight excluding hydrogens is 176 g/mol. The highest BCUT2D eigenvalue weighted by Crippen LogP contribution is 2.04. The summed E-state index contributed by atoms with van der Waals surface area (Å²) in [5.74, 6) is 0.388. The van der Waals surface area contributed by atoms with Gasteiger partial charge in [0.15, 0.2) is 0 Å². The predicted molar refractivity (Wildman–Crippen MR) is 60.3 cm³/mol. The molecule has 0 unspecified atom stereocenters. The molecule has 1 rings (SSSR count). The maximum Gasteiger partial charge on any atom is 0.0157 e. The van der Waals surface area contributed by atoms with Gasteiger partial charge < -0.3 is 20.1 Å². The van der Waals surface area contributed by atoms with Crippen molar-refractivity contribution in [2.45, 2.75) is 0 Å². The minimum Gasteiger partial charge on any atom is -0.429 e. The van der Waals surface area contributed by atoms with E-state index in [-0.39, 0.29) is 0 Å². The fraction of sp³-hybridized carbons (Fsp3) is 0.700. The lowest BCUT2D eigenvalue weighted by Crippen LogP contribution is -2.29. The molecule has 0 aliphatic carbocycles. The van der Waals surface area contributed by atoms with Crippen LogP contribution in [0.1, 0.15) is 0 Å². The molecule has 0 amide bonds. The van der Waals surface area contributed by atoms with E-state index >= 15 is 0 Å². The standard InChI is InChI=1S/C10H19N4/c1-12(2)6-4-5-7-14-9-8-13(3)10(14)11/h4-5H,6-9H2,1-3H3/q-1/b5-4+. The Bertz CT molecular complexity index is 222. The van der Waals surface area contributed by atoms with Gasteiger partial charge in [-0.2, -0.15) is 0 Å². The van der Waals surface area contributed by atoms with Crippen LogP contribution in [0.3, 0.4) is 0 Å². The Hall–Kier alpha value is -1.03. The Labute approximate surface area is 86.3 Å². The third kappa shape index (κ3) is 3.03. The molecule has 0 spiro atoms. The van der Waals surface area contributed by atoms with Gasteiger partial charge in [0.1, 0.15) is 0 Å². The van der Waals surface area contributed by atoms with Crippen molar-refractivity contribution in [3.63, 3.8) is 0 Å². The number of rotatable bonds is 4. The van der Waals surface area contributed by atoms with Gasteiger partial charge in [-0.15, -0.1) is 0 Å². The third-order valence-corrected chi connectivity index (χ3v) is 2.29. The summed E-state index contributed by atoms with van der Waals surface area (Å²) in [6.45, 7) is 3.57. The lowest BCUT2D eigenvalue weighted by molar-refractivity contribution is 0.454. The van der Waals surface area contributed by atoms with E-state index in [0.717, 1.165) is 26.2 Å². The minimum atomic E-state index is 0.388. The van der Waals surface area contributed by atoms with Crippen molar-refractivity contribution in [1.82, 2.24) is 14.7 Å². The van der Waals surface area contributed by atoms with Gasteiger partial charge in [-0.05, 0) is 40.8 Å². The molecular formula is C10H19N4-. The fourth-order valence-corrected chi connectivity index (χ4v) is 1.37. The molecule has 14 heavy (non-hydrogen) atoms. The Morgan fingerprint density at radius 1 is 1.36 bits per heavy atom. The molecule has 1 aliphatic rings. The van der Waals surface area contributed by atoms with Crippen LogP contribution in [0.4, 0.5) is 0 Å². The number of hydrogen-bond acceptors (Lipinski definition) is 1. The molecule has 0 N–H and O–H groups in total. The number of guanidine groups is 1. The molecule has 0 saturated carbocycles. The molecule has 0 aromatic heterocycles. The van der Waals surface area contributed by atoms with Gasteiger partial charge >= 0.3 is 0 Å². The van der Waals surface area contributed by atoms with E-state index in [0.29, 0.717) is 5.96 Å². The molecule has 1 aliphatic heterocycles. The summed E-state index contributed by atoms with van der Waals surface area (Å²) in [5.41, 5.74) is 0. The summed E-state index contributed by atoms with van der Waals surface area (Å²) >= 11 is 0. The summed E-state index contributed by atoms with van der Waals surface area (Å²) in [6.07, 6.45) is 4.21. The van der Waals surface area contributed by atoms with Gasteiger partial charge in [-0.1, -0.05) is 12.2 Å². The van der Waals surface area contributed by atoms with Crippen molar-refractivity contribution in [2.75, 3.05) is 47.3 Å². The Morgan fingerprint density at radius 3 is 2.57 bits per heavy atom. The number of hydrogen-bond donors (Lipinski definition) is 0. The van der Waals surface area contributed by atoms with E-state index in [2.05, 4.69) is 17.1 Å². The highest BCUT2D eigenvalue weighted by atomic mass is 15.4. The van der Waals surface area contributed by atoms with Crippen molar-refractivity contribution in [3.8, 4) is 0 Å². The number of nitrogens with zero attached hydrogens (tertiary/aromatic N) is 4. The first-order chi connectivity index (χ1) is 6.61. The van der Waals surface area contributed by atoms with E-state index in [1.54, 1.807) is 0 Å². The van der Waals surface area contributed by atoms with Crippen molar-refractivity contribution in [1.29, 1.82) is 0 Å². The normalized spacial score (nSPS) is 17.9. The Kier molecular flexibility index (Phi) is 3.95. The first kappa shape index (κ1) is 11.0. The monoisotopic (exact) mass is 195 g/mol. The summed E-state index contributed by atoms with van der Waals surface area (Å²) < 4.78 is 0. The number of likely N-dealkylation sites (N-methyl/N-ethyl adjacent to an activating group) is 2. The zero-order chi connectivity index (χ0) is 10.6. The second kappa shape index (κ2) is 5.00. The summed E-state index contributed by atoms with van der Waals surface area (Å²) in [4.78, 5) is 5.93. The van der Waals surface area contributed by atoms with Crippen LogP contribution in [0.15, 0.2) is 12.2 Å². The maximum atomic E-state index is 9.59. The van der Waals surface area contributed by atoms with E-state index in [4.69, 9.17) is 0 Å². The van der Waals surface area contributed by atoms with Gasteiger partial charge in [0.25, 0.3) is 0 Å². The van der Waals surface area contributed by atoms with E-state index in [9.17, 15) is 5.41 Å². The van der Waals surface area contributed by atoms with Crippen LogP contribution in [0.5, 0.6) is 0 Å². The molecule has 0 bridgehead atoms. The molecule has 1 saturated heterocycles. The second-order valence-electron chi connectivity index (χ2n) is 3.90. The van der Waals surface area contributed by atoms with Gasteiger partial charge in [-0.25, -0.2) is 0 Å². The molecule has 4 nitrogen and oxygen atoms in total. The highest BCUT2D eigenvalue weighted by molar-refractivity contribution is 5.84. The topological polar surface area (TPSA) is 32.0 Å². The van der Waals surface area contributed by atoms with Crippen LogP contribution in [0.25, 0.3) is 5.41 Å². The quantitative estimate of drug-likeness (QED) is 0.604. The van der Waals surface area contributed by atoms with Gasteiger partial charge in [0, 0.05) is 12.5 Å². The average Bonchev–Trinajstić information content (AvgIpc) is 2.43. The maximum absolute atomic E-state index is 9.59. The second-order valence-corrected chi connectivity index (χ2v) is 3.90. The largest absolute Gasteiger partial charge is 0.429 e. The molecule has 0 radical (unpaired) electrons. The zero-order valence-electron chi connectivity index (χ0n) is 9.27. The van der Waals surface area contributed by atoms with Crippen molar-refractivity contribution < 1.29 is 0 Å². The predicted octanol–water partition coefficient (Wildman–Crippen LogP) is 0.277. The van der Waals surface area contributed by atoms with Crippen LogP contribution in [0.2, 0.25) is 0 Å². The fourth-order valence-electron chi connectivity index (χ4n) is 1.37. The molecule has 80 valence electrons. The van der Waals surface area contributed by atoms with Gasteiger partial charge in [0.2, 0.25) is 0 Å². The average molecular weight is 195 g/mol. The Morgan fingerprint density at radius 2 is 2.07 bits per heavy atom. The molecule has 0 aromatic carbocycles. The van der Waals surface area contributed by atoms with E-state index in [1.807, 2.05) is 30.9 Å². The lowest BCUT2D eigenvalue weighted by Gasteiger charge is -2.26. The SMILES string of the molecule is CN(C)C/C=C/CN1CCN(C)C1=[N-]. The zero-order valence-corrected chi connectivity index (χ0v) is 9.27. The van der Waals surface area contributed by atoms with Crippen LogP contribution >= 0.6 is 0 Å². The summed E-state index contributed by atoms with van der Waals surface area (Å²) in [7, 11) is 5.98. The molecule has 4 heteroatoms. The third-order valence-electron chi connectivity index (χ3n) is 2.29. The molecule has 0 aromatic rings. The van der Waals surface area contributed by atoms with E-state index in [1.165, 1.54) is 0 Å². The van der Waals surface area contributed by atoms with Crippen molar-refractivity contribution in [3.05, 3.63) is 17.6 Å². The smallest absolute Gasteiger partial charge is 0.0157 e.